The molecule has 6 heteroatoms. The summed E-state index contributed by atoms with van der Waals surface area (Å²) in [6.45, 7) is 0. The molecular formula is C19H15Cl2N3O. The second-order valence-corrected chi connectivity index (χ2v) is 6.25. The third-order valence-electron chi connectivity index (χ3n) is 3.69. The Morgan fingerprint density at radius 2 is 1.76 bits per heavy atom. The first-order chi connectivity index (χ1) is 12.0. The number of hydrogen-bond acceptors (Lipinski definition) is 3. The van der Waals surface area contributed by atoms with Gasteiger partial charge in [0.15, 0.2) is 0 Å². The lowest BCUT2D eigenvalue weighted by Gasteiger charge is -2.19. The Labute approximate surface area is 156 Å². The van der Waals surface area contributed by atoms with Crippen molar-refractivity contribution in [2.24, 2.45) is 0 Å². The molecule has 0 aliphatic rings. The van der Waals surface area contributed by atoms with Crippen LogP contribution in [0.15, 0.2) is 67.0 Å². The summed E-state index contributed by atoms with van der Waals surface area (Å²) in [4.78, 5) is 18.6. The zero-order valence-electron chi connectivity index (χ0n) is 13.4. The number of amides is 1. The van der Waals surface area contributed by atoms with Crippen molar-refractivity contribution in [2.45, 2.75) is 0 Å². The normalized spacial score (nSPS) is 10.4. The summed E-state index contributed by atoms with van der Waals surface area (Å²) in [5.74, 6) is -0.306. The van der Waals surface area contributed by atoms with Gasteiger partial charge in [-0.15, -0.1) is 0 Å². The standard InChI is InChI=1S/C19H15Cl2N3O/c1-24(15-5-3-2-4-6-15)16-9-13(11-22-12-16)19(25)23-18-10-14(20)7-8-17(18)21/h2-12H,1H3,(H,23,25). The maximum Gasteiger partial charge on any atom is 0.257 e. The monoisotopic (exact) mass is 371 g/mol. The quantitative estimate of drug-likeness (QED) is 0.666. The van der Waals surface area contributed by atoms with Crippen molar-refractivity contribution in [1.82, 2.24) is 4.98 Å². The van der Waals surface area contributed by atoms with E-state index >= 15 is 0 Å². The molecule has 1 heterocycles. The average Bonchev–Trinajstić information content (AvgIpc) is 2.65. The first kappa shape index (κ1) is 17.3. The van der Waals surface area contributed by atoms with Gasteiger partial charge in [0.05, 0.1) is 28.2 Å². The Morgan fingerprint density at radius 3 is 2.52 bits per heavy atom. The van der Waals surface area contributed by atoms with E-state index in [9.17, 15) is 4.79 Å². The van der Waals surface area contributed by atoms with Gasteiger partial charge < -0.3 is 10.2 Å². The number of nitrogens with zero attached hydrogens (tertiary/aromatic N) is 2. The van der Waals surface area contributed by atoms with Gasteiger partial charge in [-0.25, -0.2) is 0 Å². The zero-order chi connectivity index (χ0) is 17.8. The van der Waals surface area contributed by atoms with E-state index in [1.807, 2.05) is 42.3 Å². The summed E-state index contributed by atoms with van der Waals surface area (Å²) in [7, 11) is 1.92. The molecule has 0 saturated heterocycles. The van der Waals surface area contributed by atoms with E-state index in [0.717, 1.165) is 11.4 Å². The van der Waals surface area contributed by atoms with Crippen molar-refractivity contribution in [2.75, 3.05) is 17.3 Å². The number of anilines is 3. The number of para-hydroxylation sites is 1. The molecule has 0 fully saturated rings. The summed E-state index contributed by atoms with van der Waals surface area (Å²) in [5, 5.41) is 3.67. The molecule has 3 rings (SSSR count). The van der Waals surface area contributed by atoms with E-state index in [1.54, 1.807) is 30.5 Å². The zero-order valence-corrected chi connectivity index (χ0v) is 14.9. The predicted octanol–water partition coefficient (Wildman–Crippen LogP) is 5.41. The van der Waals surface area contributed by atoms with Crippen LogP contribution >= 0.6 is 23.2 Å². The van der Waals surface area contributed by atoms with Crippen molar-refractivity contribution in [3.63, 3.8) is 0 Å². The van der Waals surface area contributed by atoms with Gasteiger partial charge in [0, 0.05) is 24.0 Å². The second kappa shape index (κ2) is 7.55. The molecule has 1 N–H and O–H groups in total. The molecule has 1 amide bonds. The molecule has 0 atom stereocenters. The molecule has 0 aliphatic carbocycles. The van der Waals surface area contributed by atoms with Gasteiger partial charge in [-0.1, -0.05) is 41.4 Å². The van der Waals surface area contributed by atoms with E-state index in [0.29, 0.717) is 21.3 Å². The highest BCUT2D eigenvalue weighted by atomic mass is 35.5. The lowest BCUT2D eigenvalue weighted by molar-refractivity contribution is 0.102. The third kappa shape index (κ3) is 4.10. The number of aromatic nitrogens is 1. The Bertz CT molecular complexity index is 900. The highest BCUT2D eigenvalue weighted by molar-refractivity contribution is 6.35. The number of carbonyl (C=O) groups is 1. The second-order valence-electron chi connectivity index (χ2n) is 5.40. The molecule has 0 radical (unpaired) electrons. The van der Waals surface area contributed by atoms with Crippen LogP contribution in [0.25, 0.3) is 0 Å². The van der Waals surface area contributed by atoms with Gasteiger partial charge in [0.2, 0.25) is 0 Å². The molecule has 0 saturated carbocycles. The van der Waals surface area contributed by atoms with E-state index < -0.39 is 0 Å². The van der Waals surface area contributed by atoms with Crippen LogP contribution in [0.2, 0.25) is 10.0 Å². The maximum absolute atomic E-state index is 12.5. The van der Waals surface area contributed by atoms with Crippen LogP contribution in [-0.4, -0.2) is 17.9 Å². The number of rotatable bonds is 4. The SMILES string of the molecule is CN(c1ccccc1)c1cncc(C(=O)Nc2cc(Cl)ccc2Cl)c1. The first-order valence-corrected chi connectivity index (χ1v) is 8.30. The Balaban J connectivity index is 1.83. The van der Waals surface area contributed by atoms with Gasteiger partial charge in [-0.05, 0) is 36.4 Å². The van der Waals surface area contributed by atoms with Crippen molar-refractivity contribution < 1.29 is 4.79 Å². The lowest BCUT2D eigenvalue weighted by Crippen LogP contribution is -2.15. The first-order valence-electron chi connectivity index (χ1n) is 7.55. The van der Waals surface area contributed by atoms with Crippen LogP contribution in [0.4, 0.5) is 17.1 Å². The number of nitrogens with one attached hydrogen (secondary N) is 1. The van der Waals surface area contributed by atoms with E-state index in [-0.39, 0.29) is 5.91 Å². The molecule has 25 heavy (non-hydrogen) atoms. The van der Waals surface area contributed by atoms with Crippen LogP contribution in [0.5, 0.6) is 0 Å². The van der Waals surface area contributed by atoms with Gasteiger partial charge >= 0.3 is 0 Å². The van der Waals surface area contributed by atoms with Gasteiger partial charge in [0.25, 0.3) is 5.91 Å². The molecular weight excluding hydrogens is 357 g/mol. The molecule has 0 bridgehead atoms. The molecule has 2 aromatic carbocycles. The van der Waals surface area contributed by atoms with Crippen molar-refractivity contribution >= 4 is 46.2 Å². The molecule has 4 nitrogen and oxygen atoms in total. The van der Waals surface area contributed by atoms with Crippen molar-refractivity contribution in [3.05, 3.63) is 82.6 Å². The van der Waals surface area contributed by atoms with E-state index in [1.165, 1.54) is 6.20 Å². The largest absolute Gasteiger partial charge is 0.343 e. The minimum absolute atomic E-state index is 0.306. The number of halogens is 2. The number of pyridine rings is 1. The van der Waals surface area contributed by atoms with Crippen LogP contribution in [0, 0.1) is 0 Å². The summed E-state index contributed by atoms with van der Waals surface area (Å²) >= 11 is 12.0. The summed E-state index contributed by atoms with van der Waals surface area (Å²) in [6.07, 6.45) is 3.21. The summed E-state index contributed by atoms with van der Waals surface area (Å²) in [5.41, 5.74) is 2.69. The molecule has 3 aromatic rings. The highest BCUT2D eigenvalue weighted by Gasteiger charge is 2.12. The average molecular weight is 372 g/mol. The molecule has 0 aliphatic heterocycles. The fraction of sp³-hybridized carbons (Fsp3) is 0.0526. The smallest absolute Gasteiger partial charge is 0.257 e. The highest BCUT2D eigenvalue weighted by Crippen LogP contribution is 2.27. The minimum Gasteiger partial charge on any atom is -0.343 e. The minimum atomic E-state index is -0.306. The van der Waals surface area contributed by atoms with Crippen LogP contribution in [0.1, 0.15) is 10.4 Å². The molecule has 126 valence electrons. The fourth-order valence-corrected chi connectivity index (χ4v) is 2.66. The third-order valence-corrected chi connectivity index (χ3v) is 4.26. The number of carbonyl (C=O) groups excluding carboxylic acids is 1. The molecule has 1 aromatic heterocycles. The van der Waals surface area contributed by atoms with Gasteiger partial charge in [-0.2, -0.15) is 0 Å². The fourth-order valence-electron chi connectivity index (χ4n) is 2.32. The Kier molecular flexibility index (Phi) is 5.22. The predicted molar refractivity (Wildman–Crippen MR) is 103 cm³/mol. The maximum atomic E-state index is 12.5. The topological polar surface area (TPSA) is 45.2 Å². The number of benzene rings is 2. The van der Waals surface area contributed by atoms with E-state index in [2.05, 4.69) is 10.3 Å². The van der Waals surface area contributed by atoms with Crippen molar-refractivity contribution in [3.8, 4) is 0 Å². The van der Waals surface area contributed by atoms with Gasteiger partial charge in [-0.3, -0.25) is 9.78 Å². The van der Waals surface area contributed by atoms with Crippen LogP contribution in [0.3, 0.4) is 0 Å². The number of hydrogen-bond donors (Lipinski definition) is 1. The Morgan fingerprint density at radius 1 is 1.00 bits per heavy atom. The molecule has 0 spiro atoms. The van der Waals surface area contributed by atoms with E-state index in [4.69, 9.17) is 23.2 Å². The lowest BCUT2D eigenvalue weighted by atomic mass is 10.2. The van der Waals surface area contributed by atoms with Crippen molar-refractivity contribution in [1.29, 1.82) is 0 Å². The molecule has 0 unspecified atom stereocenters. The summed E-state index contributed by atoms with van der Waals surface area (Å²) in [6, 6.07) is 16.5. The van der Waals surface area contributed by atoms with Crippen LogP contribution < -0.4 is 10.2 Å². The summed E-state index contributed by atoms with van der Waals surface area (Å²) < 4.78 is 0. The van der Waals surface area contributed by atoms with Crippen LogP contribution in [-0.2, 0) is 0 Å². The Hall–Kier alpha value is -2.56. The van der Waals surface area contributed by atoms with Gasteiger partial charge in [0.1, 0.15) is 0 Å².